The van der Waals surface area contributed by atoms with E-state index in [-0.39, 0.29) is 5.97 Å². The Hall–Kier alpha value is -2.95. The number of carbonyl (C=O) groups excluding carboxylic acids is 1. The summed E-state index contributed by atoms with van der Waals surface area (Å²) in [4.78, 5) is 11.6. The van der Waals surface area contributed by atoms with E-state index in [1.807, 2.05) is 48.0 Å². The molecule has 0 aliphatic rings. The minimum absolute atomic E-state index is 0.175. The molecule has 1 aromatic heterocycles. The van der Waals surface area contributed by atoms with Crippen molar-refractivity contribution in [3.8, 4) is 0 Å². The number of aryl methyl sites for hydroxylation is 1. The van der Waals surface area contributed by atoms with Crippen LogP contribution >= 0.6 is 0 Å². The zero-order valence-corrected chi connectivity index (χ0v) is 15.0. The minimum atomic E-state index is -0.175. The average molecular weight is 350 g/mol. The van der Waals surface area contributed by atoms with Crippen molar-refractivity contribution in [2.24, 2.45) is 0 Å². The van der Waals surface area contributed by atoms with Crippen LogP contribution in [0, 0.1) is 0 Å². The van der Waals surface area contributed by atoms with Crippen LogP contribution in [0.1, 0.15) is 31.0 Å². The predicted octanol–water partition coefficient (Wildman–Crippen LogP) is 3.04. The number of anilines is 1. The monoisotopic (exact) mass is 350 g/mol. The van der Waals surface area contributed by atoms with Crippen LogP contribution in [-0.4, -0.2) is 17.7 Å². The topological polar surface area (TPSA) is 69.1 Å². The van der Waals surface area contributed by atoms with Gasteiger partial charge in [0.1, 0.15) is 0 Å². The number of ether oxygens (including phenoxy) is 1. The molecule has 0 saturated heterocycles. The highest BCUT2D eigenvalue weighted by Crippen LogP contribution is 2.22. The van der Waals surface area contributed by atoms with Gasteiger partial charge in [0.25, 0.3) is 0 Å². The maximum Gasteiger partial charge on any atom is 0.306 e. The fraction of sp³-hybridized carbons (Fsp3) is 0.286. The fourth-order valence-corrected chi connectivity index (χ4v) is 3.11. The van der Waals surface area contributed by atoms with Gasteiger partial charge in [0.05, 0.1) is 24.8 Å². The van der Waals surface area contributed by atoms with Gasteiger partial charge in [-0.1, -0.05) is 53.2 Å². The number of carbonyl (C=O) groups is 1. The van der Waals surface area contributed by atoms with Gasteiger partial charge < -0.3 is 10.5 Å². The Labute approximate surface area is 153 Å². The molecular weight excluding hydrogens is 326 g/mol. The smallest absolute Gasteiger partial charge is 0.306 e. The Bertz CT molecular complexity index is 894. The summed E-state index contributed by atoms with van der Waals surface area (Å²) in [5.74, 6) is 0.333. The Balaban J connectivity index is 1.92. The van der Waals surface area contributed by atoms with Crippen molar-refractivity contribution >= 4 is 22.6 Å². The second kappa shape index (κ2) is 8.43. The molecule has 134 valence electrons. The Morgan fingerprint density at radius 2 is 1.77 bits per heavy atom. The Morgan fingerprint density at radius 3 is 2.50 bits per heavy atom. The molecule has 0 bridgehead atoms. The first-order valence-corrected chi connectivity index (χ1v) is 8.95. The number of nitrogens with two attached hydrogens (primary N) is 1. The van der Waals surface area contributed by atoms with E-state index >= 15 is 0 Å². The molecule has 3 rings (SSSR count). The molecule has 1 heterocycles. The number of rotatable bonds is 7. The maximum atomic E-state index is 11.6. The molecule has 0 unspecified atom stereocenters. The van der Waals surface area contributed by atoms with Crippen LogP contribution in [0.15, 0.2) is 54.6 Å². The van der Waals surface area contributed by atoms with E-state index in [0.29, 0.717) is 31.8 Å². The number of aromatic nitrogens is 2. The van der Waals surface area contributed by atoms with Gasteiger partial charge in [0, 0.05) is 16.9 Å². The van der Waals surface area contributed by atoms with Gasteiger partial charge in [-0.15, -0.1) is 0 Å². The van der Waals surface area contributed by atoms with Gasteiger partial charge in [-0.2, -0.15) is 0 Å². The quantitative estimate of drug-likeness (QED) is 0.525. The summed E-state index contributed by atoms with van der Waals surface area (Å²) >= 11 is 0. The van der Waals surface area contributed by atoms with Crippen LogP contribution in [0.3, 0.4) is 0 Å². The second-order valence-corrected chi connectivity index (χ2v) is 6.17. The summed E-state index contributed by atoms with van der Waals surface area (Å²) in [6.45, 7) is 2.85. The van der Waals surface area contributed by atoms with E-state index in [0.717, 1.165) is 22.9 Å². The zero-order valence-electron chi connectivity index (χ0n) is 15.0. The molecule has 3 aromatic rings. The van der Waals surface area contributed by atoms with E-state index in [1.54, 1.807) is 0 Å². The second-order valence-electron chi connectivity index (χ2n) is 6.17. The molecule has 2 aromatic carbocycles. The standard InChI is InChI=1S/C21H24N3O2/c1-2-26-20(25)13-8-14-24-19(15-16-9-4-3-5-10-16)17-11-6-7-12-18(17)21(22)23-24/h3-7,9-12H,2,8,13-15H2,1H3,(H2,22,23)/q+1. The van der Waals surface area contributed by atoms with E-state index in [9.17, 15) is 4.79 Å². The molecule has 26 heavy (non-hydrogen) atoms. The third kappa shape index (κ3) is 4.17. The minimum Gasteiger partial charge on any atom is -0.466 e. The summed E-state index contributed by atoms with van der Waals surface area (Å²) in [5.41, 5.74) is 8.49. The van der Waals surface area contributed by atoms with E-state index in [4.69, 9.17) is 10.5 Å². The molecule has 5 heteroatoms. The molecule has 0 amide bonds. The lowest BCUT2D eigenvalue weighted by atomic mass is 10.0. The molecule has 0 spiro atoms. The molecule has 0 aliphatic heterocycles. The predicted molar refractivity (Wildman–Crippen MR) is 101 cm³/mol. The summed E-state index contributed by atoms with van der Waals surface area (Å²) in [5, 5.41) is 6.64. The van der Waals surface area contributed by atoms with Crippen LogP contribution in [0.2, 0.25) is 0 Å². The molecular formula is C21H24N3O2+. The van der Waals surface area contributed by atoms with Crippen LogP contribution in [0.5, 0.6) is 0 Å². The largest absolute Gasteiger partial charge is 0.466 e. The van der Waals surface area contributed by atoms with Crippen LogP contribution < -0.4 is 10.4 Å². The lowest BCUT2D eigenvalue weighted by Gasteiger charge is -2.08. The van der Waals surface area contributed by atoms with Gasteiger partial charge in [-0.25, -0.2) is 0 Å². The lowest BCUT2D eigenvalue weighted by Crippen LogP contribution is -2.43. The number of hydrogen-bond acceptors (Lipinski definition) is 4. The summed E-state index contributed by atoms with van der Waals surface area (Å²) in [6.07, 6.45) is 1.80. The first-order valence-electron chi connectivity index (χ1n) is 8.95. The normalized spacial score (nSPS) is 10.8. The zero-order chi connectivity index (χ0) is 18.4. The Morgan fingerprint density at radius 1 is 1.08 bits per heavy atom. The number of nitrogen functional groups attached to an aromatic ring is 1. The van der Waals surface area contributed by atoms with Gasteiger partial charge in [0.2, 0.25) is 5.69 Å². The number of benzene rings is 2. The van der Waals surface area contributed by atoms with Gasteiger partial charge in [0.15, 0.2) is 12.4 Å². The van der Waals surface area contributed by atoms with Crippen LogP contribution in [0.4, 0.5) is 5.82 Å². The molecule has 0 atom stereocenters. The summed E-state index contributed by atoms with van der Waals surface area (Å²) in [6, 6.07) is 18.3. The van der Waals surface area contributed by atoms with E-state index in [2.05, 4.69) is 23.3 Å². The molecule has 0 fully saturated rings. The van der Waals surface area contributed by atoms with Gasteiger partial charge in [-0.3, -0.25) is 4.79 Å². The number of esters is 1. The molecule has 5 nitrogen and oxygen atoms in total. The first kappa shape index (κ1) is 17.9. The van der Waals surface area contributed by atoms with Crippen molar-refractivity contribution in [2.45, 2.75) is 32.7 Å². The van der Waals surface area contributed by atoms with Crippen LogP contribution in [-0.2, 0) is 22.5 Å². The maximum absolute atomic E-state index is 11.6. The number of hydrogen-bond donors (Lipinski definition) is 1. The van der Waals surface area contributed by atoms with E-state index in [1.165, 1.54) is 5.56 Å². The van der Waals surface area contributed by atoms with Crippen molar-refractivity contribution < 1.29 is 14.2 Å². The highest BCUT2D eigenvalue weighted by Gasteiger charge is 2.20. The summed E-state index contributed by atoms with van der Waals surface area (Å²) in [7, 11) is 0. The third-order valence-corrected chi connectivity index (χ3v) is 4.32. The Kier molecular flexibility index (Phi) is 5.79. The SMILES string of the molecule is CCOC(=O)CCC[n+]1nc(N)c2ccccc2c1Cc1ccccc1. The molecule has 0 radical (unpaired) electrons. The highest BCUT2D eigenvalue weighted by atomic mass is 16.5. The number of nitrogens with zero attached hydrogens (tertiary/aromatic N) is 2. The molecule has 2 N–H and O–H groups in total. The van der Waals surface area contributed by atoms with Crippen molar-refractivity contribution in [2.75, 3.05) is 12.3 Å². The first-order chi connectivity index (χ1) is 12.7. The van der Waals surface area contributed by atoms with Crippen molar-refractivity contribution in [3.63, 3.8) is 0 Å². The lowest BCUT2D eigenvalue weighted by molar-refractivity contribution is -0.757. The van der Waals surface area contributed by atoms with Crippen molar-refractivity contribution in [1.82, 2.24) is 5.10 Å². The third-order valence-electron chi connectivity index (χ3n) is 4.32. The van der Waals surface area contributed by atoms with Crippen molar-refractivity contribution in [3.05, 3.63) is 65.9 Å². The van der Waals surface area contributed by atoms with Crippen molar-refractivity contribution in [1.29, 1.82) is 0 Å². The number of fused-ring (bicyclic) bond motifs is 1. The average Bonchev–Trinajstić information content (AvgIpc) is 2.66. The molecule has 0 saturated carbocycles. The van der Waals surface area contributed by atoms with E-state index < -0.39 is 0 Å². The molecule has 0 aliphatic carbocycles. The van der Waals surface area contributed by atoms with Crippen LogP contribution in [0.25, 0.3) is 10.8 Å². The fourth-order valence-electron chi connectivity index (χ4n) is 3.11. The summed E-state index contributed by atoms with van der Waals surface area (Å²) < 4.78 is 6.94. The van der Waals surface area contributed by atoms with Gasteiger partial charge in [-0.05, 0) is 18.6 Å². The highest BCUT2D eigenvalue weighted by molar-refractivity contribution is 5.91. The van der Waals surface area contributed by atoms with Gasteiger partial charge >= 0.3 is 5.97 Å².